The maximum atomic E-state index is 1.62. The summed E-state index contributed by atoms with van der Waals surface area (Å²) in [6.07, 6.45) is 15.7. The molecule has 3 saturated carbocycles. The van der Waals surface area contributed by atoms with Crippen LogP contribution in [0.2, 0.25) is 0 Å². The van der Waals surface area contributed by atoms with E-state index in [0.29, 0.717) is 0 Å². The predicted octanol–water partition coefficient (Wildman–Crippen LogP) is 4.15. The third kappa shape index (κ3) is 1.43. The molecule has 13 heavy (non-hydrogen) atoms. The highest BCUT2D eigenvalue weighted by molar-refractivity contribution is 5.04. The van der Waals surface area contributed by atoms with Crippen LogP contribution >= 0.6 is 0 Å². The molecule has 0 N–H and O–H groups in total. The minimum Gasteiger partial charge on any atom is -0.0533 e. The summed E-state index contributed by atoms with van der Waals surface area (Å²) in [5.41, 5.74) is 0.904. The summed E-state index contributed by atoms with van der Waals surface area (Å²) in [5, 5.41) is 0. The van der Waals surface area contributed by atoms with Crippen LogP contribution in [0.15, 0.2) is 0 Å². The Labute approximate surface area is 82.1 Å². The van der Waals surface area contributed by atoms with E-state index >= 15 is 0 Å². The van der Waals surface area contributed by atoms with Crippen molar-refractivity contribution in [3.05, 3.63) is 0 Å². The van der Waals surface area contributed by atoms with Gasteiger partial charge in [-0.2, -0.15) is 0 Å². The van der Waals surface area contributed by atoms with E-state index in [0.717, 1.165) is 11.3 Å². The van der Waals surface area contributed by atoms with Gasteiger partial charge in [-0.05, 0) is 42.9 Å². The van der Waals surface area contributed by atoms with E-state index in [-0.39, 0.29) is 0 Å². The average Bonchev–Trinajstić information content (AvgIpc) is 2.72. The first-order valence-corrected chi connectivity index (χ1v) is 6.39. The van der Waals surface area contributed by atoms with Gasteiger partial charge in [0, 0.05) is 0 Å². The topological polar surface area (TPSA) is 0 Å². The van der Waals surface area contributed by atoms with Crippen LogP contribution in [0.5, 0.6) is 0 Å². The Morgan fingerprint density at radius 3 is 2.69 bits per heavy atom. The molecule has 0 radical (unpaired) electrons. The van der Waals surface area contributed by atoms with Gasteiger partial charge in [0.1, 0.15) is 0 Å². The molecule has 3 atom stereocenters. The molecule has 3 fully saturated rings. The third-order valence-electron chi connectivity index (χ3n) is 5.01. The van der Waals surface area contributed by atoms with Crippen LogP contribution in [0.1, 0.15) is 64.2 Å². The van der Waals surface area contributed by atoms with Gasteiger partial charge in [-0.1, -0.05) is 38.5 Å². The van der Waals surface area contributed by atoms with Gasteiger partial charge < -0.3 is 0 Å². The Balaban J connectivity index is 1.77. The second-order valence-electron chi connectivity index (χ2n) is 5.86. The van der Waals surface area contributed by atoms with Crippen molar-refractivity contribution in [3.8, 4) is 0 Å². The molecule has 0 amide bonds. The quantitative estimate of drug-likeness (QED) is 0.523. The molecule has 0 aliphatic heterocycles. The Morgan fingerprint density at radius 1 is 0.769 bits per heavy atom. The maximum Gasteiger partial charge on any atom is -0.0263 e. The molecule has 3 aliphatic rings. The molecule has 0 aromatic carbocycles. The van der Waals surface area contributed by atoms with Crippen LogP contribution in [0.3, 0.4) is 0 Å². The molecule has 0 heteroatoms. The summed E-state index contributed by atoms with van der Waals surface area (Å²) in [4.78, 5) is 0. The van der Waals surface area contributed by atoms with Crippen molar-refractivity contribution in [3.63, 3.8) is 0 Å². The van der Waals surface area contributed by atoms with Crippen molar-refractivity contribution in [2.75, 3.05) is 0 Å². The fourth-order valence-electron chi connectivity index (χ4n) is 4.16. The van der Waals surface area contributed by atoms with Crippen molar-refractivity contribution in [2.45, 2.75) is 64.2 Å². The summed E-state index contributed by atoms with van der Waals surface area (Å²) in [5.74, 6) is 2.31. The van der Waals surface area contributed by atoms with Crippen molar-refractivity contribution in [2.24, 2.45) is 17.3 Å². The molecule has 0 aromatic rings. The Hall–Kier alpha value is 0. The van der Waals surface area contributed by atoms with Crippen LogP contribution in [0, 0.1) is 17.3 Å². The zero-order valence-corrected chi connectivity index (χ0v) is 8.73. The molecular formula is C13H22. The number of fused-ring (bicyclic) bond motifs is 1. The molecule has 0 aromatic heterocycles. The van der Waals surface area contributed by atoms with Crippen LogP contribution in [0.4, 0.5) is 0 Å². The average molecular weight is 178 g/mol. The first-order valence-electron chi connectivity index (χ1n) is 6.39. The van der Waals surface area contributed by atoms with E-state index in [4.69, 9.17) is 0 Å². The van der Waals surface area contributed by atoms with Crippen molar-refractivity contribution in [1.82, 2.24) is 0 Å². The SMILES string of the molecule is C1CCC2CCCC3CC3(CC1)C2. The van der Waals surface area contributed by atoms with Crippen LogP contribution in [-0.4, -0.2) is 0 Å². The summed E-state index contributed by atoms with van der Waals surface area (Å²) < 4.78 is 0. The predicted molar refractivity (Wildman–Crippen MR) is 55.6 cm³/mol. The molecule has 0 nitrogen and oxygen atoms in total. The van der Waals surface area contributed by atoms with Crippen LogP contribution < -0.4 is 0 Å². The minimum atomic E-state index is 0.904. The second kappa shape index (κ2) is 3.00. The fraction of sp³-hybridized carbons (Fsp3) is 1.00. The van der Waals surface area contributed by atoms with Gasteiger partial charge in [-0.25, -0.2) is 0 Å². The van der Waals surface area contributed by atoms with Gasteiger partial charge in [0.2, 0.25) is 0 Å². The summed E-state index contributed by atoms with van der Waals surface area (Å²) in [6, 6.07) is 0. The highest BCUT2D eigenvalue weighted by Crippen LogP contribution is 2.64. The lowest BCUT2D eigenvalue weighted by molar-refractivity contribution is 0.270. The van der Waals surface area contributed by atoms with E-state index in [1.807, 2.05) is 0 Å². The van der Waals surface area contributed by atoms with Crippen molar-refractivity contribution < 1.29 is 0 Å². The lowest BCUT2D eigenvalue weighted by Crippen LogP contribution is -2.12. The minimum absolute atomic E-state index is 0.904. The first kappa shape index (κ1) is 8.32. The Bertz CT molecular complexity index is 196. The summed E-state index contributed by atoms with van der Waals surface area (Å²) in [7, 11) is 0. The Morgan fingerprint density at radius 2 is 1.69 bits per heavy atom. The van der Waals surface area contributed by atoms with Crippen molar-refractivity contribution >= 4 is 0 Å². The van der Waals surface area contributed by atoms with Crippen LogP contribution in [-0.2, 0) is 0 Å². The lowest BCUT2D eigenvalue weighted by atomic mass is 9.81. The molecule has 74 valence electrons. The van der Waals surface area contributed by atoms with Gasteiger partial charge in [0.25, 0.3) is 0 Å². The zero-order chi connectivity index (χ0) is 8.73. The largest absolute Gasteiger partial charge is 0.0533 e. The van der Waals surface area contributed by atoms with E-state index in [1.54, 1.807) is 51.4 Å². The van der Waals surface area contributed by atoms with Gasteiger partial charge in [-0.15, -0.1) is 0 Å². The van der Waals surface area contributed by atoms with E-state index in [9.17, 15) is 0 Å². The lowest BCUT2D eigenvalue weighted by Gasteiger charge is -2.25. The summed E-state index contributed by atoms with van der Waals surface area (Å²) >= 11 is 0. The first-order chi connectivity index (χ1) is 6.39. The molecule has 2 bridgehead atoms. The molecular weight excluding hydrogens is 156 g/mol. The fourth-order valence-corrected chi connectivity index (χ4v) is 4.16. The third-order valence-corrected chi connectivity index (χ3v) is 5.01. The van der Waals surface area contributed by atoms with E-state index in [2.05, 4.69) is 0 Å². The second-order valence-corrected chi connectivity index (χ2v) is 5.86. The molecule has 0 saturated heterocycles. The van der Waals surface area contributed by atoms with Gasteiger partial charge in [0.05, 0.1) is 0 Å². The van der Waals surface area contributed by atoms with Gasteiger partial charge in [0.15, 0.2) is 0 Å². The standard InChI is InChI=1S/C13H22/c1-2-5-11-6-4-7-12-10-13(12,9-11)8-3-1/h11-12H,1-10H2. The molecule has 3 rings (SSSR count). The molecule has 3 unspecified atom stereocenters. The van der Waals surface area contributed by atoms with Crippen LogP contribution in [0.25, 0.3) is 0 Å². The monoisotopic (exact) mass is 178 g/mol. The van der Waals surface area contributed by atoms with Gasteiger partial charge in [-0.3, -0.25) is 0 Å². The van der Waals surface area contributed by atoms with Crippen molar-refractivity contribution in [1.29, 1.82) is 0 Å². The highest BCUT2D eigenvalue weighted by Gasteiger charge is 2.54. The maximum absolute atomic E-state index is 1.62. The number of hydrogen-bond acceptors (Lipinski definition) is 0. The smallest absolute Gasteiger partial charge is 0.0263 e. The van der Waals surface area contributed by atoms with E-state index in [1.165, 1.54) is 18.8 Å². The molecule has 3 aliphatic carbocycles. The Kier molecular flexibility index (Phi) is 1.92. The molecule has 1 spiro atoms. The zero-order valence-electron chi connectivity index (χ0n) is 8.73. The number of hydrogen-bond donors (Lipinski definition) is 0. The normalized spacial score (nSPS) is 49.8. The van der Waals surface area contributed by atoms with Gasteiger partial charge >= 0.3 is 0 Å². The highest BCUT2D eigenvalue weighted by atomic mass is 14.6. The number of rotatable bonds is 0. The van der Waals surface area contributed by atoms with E-state index < -0.39 is 0 Å². The molecule has 0 heterocycles. The summed E-state index contributed by atoms with van der Waals surface area (Å²) in [6.45, 7) is 0.